The van der Waals surface area contributed by atoms with E-state index in [1.807, 2.05) is 38.1 Å². The summed E-state index contributed by atoms with van der Waals surface area (Å²) in [5.74, 6) is 0.139. The van der Waals surface area contributed by atoms with Crippen LogP contribution in [-0.2, 0) is 15.6 Å². The molecule has 0 aromatic heterocycles. The second-order valence-electron chi connectivity index (χ2n) is 4.22. The maximum absolute atomic E-state index is 11.7. The number of hydrogen-bond acceptors (Lipinski definition) is 3. The molecule has 0 bridgehead atoms. The lowest BCUT2D eigenvalue weighted by atomic mass is 10.1. The Kier molecular flexibility index (Phi) is 6.01. The van der Waals surface area contributed by atoms with E-state index in [1.165, 1.54) is 0 Å². The van der Waals surface area contributed by atoms with Crippen LogP contribution in [0, 0.1) is 6.92 Å². The predicted molar refractivity (Wildman–Crippen MR) is 74.7 cm³/mol. The Morgan fingerprint density at radius 1 is 1.39 bits per heavy atom. The van der Waals surface area contributed by atoms with Gasteiger partial charge in [0.1, 0.15) is 5.75 Å². The molecule has 3 N–H and O–H groups in total. The van der Waals surface area contributed by atoms with Gasteiger partial charge < -0.3 is 11.1 Å². The van der Waals surface area contributed by atoms with Gasteiger partial charge in [0.05, 0.1) is 0 Å². The average molecular weight is 268 g/mol. The van der Waals surface area contributed by atoms with E-state index < -0.39 is 10.8 Å². The van der Waals surface area contributed by atoms with Gasteiger partial charge in [-0.05, 0) is 19.4 Å². The van der Waals surface area contributed by atoms with Crippen molar-refractivity contribution in [2.45, 2.75) is 19.9 Å². The Morgan fingerprint density at radius 2 is 2.00 bits per heavy atom. The Bertz CT molecular complexity index is 418. The first kappa shape index (κ1) is 14.9. The molecular weight excluding hydrogens is 248 g/mol. The summed E-state index contributed by atoms with van der Waals surface area (Å²) in [6.07, 6.45) is 0. The molecule has 2 unspecified atom stereocenters. The minimum Gasteiger partial charge on any atom is -0.356 e. The summed E-state index contributed by atoms with van der Waals surface area (Å²) in [6.45, 7) is 4.39. The SMILES string of the molecule is CCNC(=O)CS(=O)CC(N)c1ccc(C)cc1. The number of carbonyl (C=O) groups is 1. The maximum Gasteiger partial charge on any atom is 0.232 e. The van der Waals surface area contributed by atoms with Crippen LogP contribution in [0.25, 0.3) is 0 Å². The summed E-state index contributed by atoms with van der Waals surface area (Å²) in [5, 5.41) is 2.62. The summed E-state index contributed by atoms with van der Waals surface area (Å²) in [6, 6.07) is 7.53. The molecule has 0 saturated carbocycles. The van der Waals surface area contributed by atoms with Crippen molar-refractivity contribution in [1.29, 1.82) is 0 Å². The molecule has 0 heterocycles. The first-order chi connectivity index (χ1) is 8.52. The van der Waals surface area contributed by atoms with Crippen LogP contribution in [0.2, 0.25) is 0 Å². The minimum absolute atomic E-state index is 0.0212. The molecule has 2 atom stereocenters. The molecule has 0 aliphatic heterocycles. The number of nitrogens with two attached hydrogens (primary N) is 1. The number of aryl methyl sites for hydroxylation is 1. The maximum atomic E-state index is 11.7. The molecule has 1 amide bonds. The van der Waals surface area contributed by atoms with Crippen molar-refractivity contribution in [3.05, 3.63) is 35.4 Å². The smallest absolute Gasteiger partial charge is 0.232 e. The molecule has 18 heavy (non-hydrogen) atoms. The van der Waals surface area contributed by atoms with Gasteiger partial charge in [-0.3, -0.25) is 9.00 Å². The highest BCUT2D eigenvalue weighted by molar-refractivity contribution is 7.85. The largest absolute Gasteiger partial charge is 0.356 e. The van der Waals surface area contributed by atoms with Crippen LogP contribution < -0.4 is 11.1 Å². The van der Waals surface area contributed by atoms with Gasteiger partial charge in [0.2, 0.25) is 5.91 Å². The van der Waals surface area contributed by atoms with Gasteiger partial charge in [0, 0.05) is 29.1 Å². The van der Waals surface area contributed by atoms with Gasteiger partial charge in [0.15, 0.2) is 0 Å². The first-order valence-corrected chi connectivity index (χ1v) is 7.45. The van der Waals surface area contributed by atoms with E-state index in [2.05, 4.69) is 5.32 Å². The van der Waals surface area contributed by atoms with Gasteiger partial charge >= 0.3 is 0 Å². The van der Waals surface area contributed by atoms with Gasteiger partial charge in [0.25, 0.3) is 0 Å². The first-order valence-electron chi connectivity index (χ1n) is 5.96. The second kappa shape index (κ2) is 7.28. The molecule has 0 saturated heterocycles. The lowest BCUT2D eigenvalue weighted by Gasteiger charge is -2.12. The monoisotopic (exact) mass is 268 g/mol. The van der Waals surface area contributed by atoms with E-state index in [0.717, 1.165) is 11.1 Å². The number of rotatable bonds is 6. The fourth-order valence-corrected chi connectivity index (χ4v) is 2.67. The molecule has 100 valence electrons. The van der Waals surface area contributed by atoms with Crippen LogP contribution in [0.3, 0.4) is 0 Å². The Hall–Kier alpha value is -1.20. The van der Waals surface area contributed by atoms with Gasteiger partial charge in [-0.1, -0.05) is 29.8 Å². The fraction of sp³-hybridized carbons (Fsp3) is 0.462. The van der Waals surface area contributed by atoms with Crippen molar-refractivity contribution in [2.75, 3.05) is 18.1 Å². The predicted octanol–water partition coefficient (Wildman–Crippen LogP) is 0.880. The highest BCUT2D eigenvalue weighted by Gasteiger charge is 2.13. The third kappa shape index (κ3) is 4.98. The average Bonchev–Trinajstić information content (AvgIpc) is 2.29. The summed E-state index contributed by atoms with van der Waals surface area (Å²) >= 11 is 0. The molecule has 0 aliphatic rings. The Morgan fingerprint density at radius 3 is 2.56 bits per heavy atom. The molecule has 4 nitrogen and oxygen atoms in total. The summed E-state index contributed by atoms with van der Waals surface area (Å²) in [4.78, 5) is 11.3. The summed E-state index contributed by atoms with van der Waals surface area (Å²) in [5.41, 5.74) is 8.08. The van der Waals surface area contributed by atoms with Gasteiger partial charge in [-0.2, -0.15) is 0 Å². The van der Waals surface area contributed by atoms with Crippen LogP contribution in [0.4, 0.5) is 0 Å². The van der Waals surface area contributed by atoms with Crippen LogP contribution in [0.15, 0.2) is 24.3 Å². The number of nitrogens with one attached hydrogen (secondary N) is 1. The molecule has 0 spiro atoms. The molecule has 1 aromatic carbocycles. The minimum atomic E-state index is -1.22. The molecule has 0 fully saturated rings. The van der Waals surface area contributed by atoms with Crippen LogP contribution in [-0.4, -0.2) is 28.2 Å². The summed E-state index contributed by atoms with van der Waals surface area (Å²) in [7, 11) is -1.22. The zero-order chi connectivity index (χ0) is 13.5. The number of benzene rings is 1. The number of amides is 1. The molecule has 1 rings (SSSR count). The highest BCUT2D eigenvalue weighted by Crippen LogP contribution is 2.12. The van der Waals surface area contributed by atoms with Crippen molar-refractivity contribution < 1.29 is 9.00 Å². The normalized spacial score (nSPS) is 13.9. The van der Waals surface area contributed by atoms with E-state index in [9.17, 15) is 9.00 Å². The van der Waals surface area contributed by atoms with Gasteiger partial charge in [-0.15, -0.1) is 0 Å². The van der Waals surface area contributed by atoms with Crippen molar-refractivity contribution in [2.24, 2.45) is 5.73 Å². The van der Waals surface area contributed by atoms with Crippen LogP contribution in [0.5, 0.6) is 0 Å². The molecular formula is C13H20N2O2S. The lowest BCUT2D eigenvalue weighted by Crippen LogP contribution is -2.30. The van der Waals surface area contributed by atoms with Crippen molar-refractivity contribution in [1.82, 2.24) is 5.32 Å². The standard InChI is InChI=1S/C13H20N2O2S/c1-3-15-13(16)9-18(17)8-12(14)11-6-4-10(2)5-7-11/h4-7,12H,3,8-9,14H2,1-2H3,(H,15,16). The third-order valence-electron chi connectivity index (χ3n) is 2.54. The van der Waals surface area contributed by atoms with Crippen LogP contribution in [0.1, 0.15) is 24.1 Å². The summed E-state index contributed by atoms with van der Waals surface area (Å²) < 4.78 is 11.7. The number of hydrogen-bond donors (Lipinski definition) is 2. The zero-order valence-corrected chi connectivity index (χ0v) is 11.6. The van der Waals surface area contributed by atoms with E-state index in [1.54, 1.807) is 0 Å². The van der Waals surface area contributed by atoms with E-state index in [4.69, 9.17) is 5.73 Å². The lowest BCUT2D eigenvalue weighted by molar-refractivity contribution is -0.118. The second-order valence-corrected chi connectivity index (χ2v) is 5.72. The van der Waals surface area contributed by atoms with Crippen molar-refractivity contribution >= 4 is 16.7 Å². The van der Waals surface area contributed by atoms with Crippen LogP contribution >= 0.6 is 0 Å². The Balaban J connectivity index is 2.49. The van der Waals surface area contributed by atoms with Crippen molar-refractivity contribution in [3.8, 4) is 0 Å². The topological polar surface area (TPSA) is 72.2 Å². The zero-order valence-electron chi connectivity index (χ0n) is 10.8. The quantitative estimate of drug-likeness (QED) is 0.804. The van der Waals surface area contributed by atoms with E-state index in [-0.39, 0.29) is 17.7 Å². The Labute approximate surface area is 110 Å². The number of carbonyl (C=O) groups excluding carboxylic acids is 1. The fourth-order valence-electron chi connectivity index (χ4n) is 1.56. The van der Waals surface area contributed by atoms with E-state index in [0.29, 0.717) is 12.3 Å². The molecule has 0 radical (unpaired) electrons. The third-order valence-corrected chi connectivity index (χ3v) is 3.85. The molecule has 1 aromatic rings. The van der Waals surface area contributed by atoms with E-state index >= 15 is 0 Å². The molecule has 5 heteroatoms. The van der Waals surface area contributed by atoms with Crippen molar-refractivity contribution in [3.63, 3.8) is 0 Å². The van der Waals surface area contributed by atoms with Gasteiger partial charge in [-0.25, -0.2) is 0 Å². The molecule has 0 aliphatic carbocycles. The highest BCUT2D eigenvalue weighted by atomic mass is 32.2.